The lowest BCUT2D eigenvalue weighted by Crippen LogP contribution is -2.43. The Morgan fingerprint density at radius 2 is 2.12 bits per heavy atom. The van der Waals surface area contributed by atoms with Crippen molar-refractivity contribution in [2.45, 2.75) is 25.4 Å². The van der Waals surface area contributed by atoms with Gasteiger partial charge in [0.25, 0.3) is 0 Å². The number of hydrogen-bond donors (Lipinski definition) is 1. The third-order valence-corrected chi connectivity index (χ3v) is 5.64. The van der Waals surface area contributed by atoms with Crippen LogP contribution in [0.2, 0.25) is 0 Å². The summed E-state index contributed by atoms with van der Waals surface area (Å²) < 4.78 is 0.946. The molecule has 1 aliphatic heterocycles. The zero-order chi connectivity index (χ0) is 18.0. The van der Waals surface area contributed by atoms with E-state index in [0.29, 0.717) is 12.3 Å². The lowest BCUT2D eigenvalue weighted by Gasteiger charge is -2.29. The van der Waals surface area contributed by atoms with Crippen molar-refractivity contribution in [3.63, 3.8) is 0 Å². The quantitative estimate of drug-likeness (QED) is 0.825. The summed E-state index contributed by atoms with van der Waals surface area (Å²) in [5.41, 5.74) is 3.62. The fourth-order valence-electron chi connectivity index (χ4n) is 2.76. The number of anilines is 1. The molecule has 3 rings (SSSR count). The molecular weight excluding hydrogens is 402 g/mol. The summed E-state index contributed by atoms with van der Waals surface area (Å²) in [6.07, 6.45) is 0. The lowest BCUT2D eigenvalue weighted by atomic mass is 10.2. The van der Waals surface area contributed by atoms with Crippen LogP contribution in [0.3, 0.4) is 0 Å². The molecular formula is C18H18BrN3O2S. The van der Waals surface area contributed by atoms with Crippen molar-refractivity contribution in [3.8, 4) is 0 Å². The minimum Gasteiger partial charge on any atom is -0.350 e. The number of nitrogens with zero attached hydrogens (tertiary/aromatic N) is 2. The van der Waals surface area contributed by atoms with Gasteiger partial charge in [0.15, 0.2) is 0 Å². The molecule has 0 spiro atoms. The number of fused-ring (bicyclic) bond motifs is 1. The zero-order valence-electron chi connectivity index (χ0n) is 14.0. The molecule has 5 nitrogen and oxygen atoms in total. The van der Waals surface area contributed by atoms with Crippen LogP contribution in [0, 0.1) is 13.8 Å². The molecule has 0 radical (unpaired) electrons. The number of carbonyl (C=O) groups excluding carboxylic acids is 2. The fraction of sp³-hybridized carbons (Fsp3) is 0.278. The summed E-state index contributed by atoms with van der Waals surface area (Å²) in [4.78, 5) is 30.8. The molecule has 1 aromatic heterocycles. The number of aromatic nitrogens is 1. The van der Waals surface area contributed by atoms with Crippen molar-refractivity contribution in [2.75, 3.05) is 17.2 Å². The maximum absolute atomic E-state index is 12.4. The zero-order valence-corrected chi connectivity index (χ0v) is 16.4. The Morgan fingerprint density at radius 1 is 1.36 bits per heavy atom. The third-order valence-electron chi connectivity index (χ3n) is 3.92. The molecule has 0 unspecified atom stereocenters. The molecule has 0 atom stereocenters. The number of benzene rings is 1. The van der Waals surface area contributed by atoms with Crippen LogP contribution in [0.4, 0.5) is 5.69 Å². The molecule has 2 aromatic rings. The molecule has 0 saturated heterocycles. The SMILES string of the molecule is Cc1cc(C)c2c(n1)SCC(=O)N2CC(=O)NCc1ccccc1Br. The standard InChI is InChI=1S/C18H18BrN3O2S/c1-11-7-12(2)21-18-17(11)22(16(24)10-25-18)9-15(23)20-8-13-5-3-4-6-14(13)19/h3-7H,8-10H2,1-2H3,(H,20,23). The average molecular weight is 420 g/mol. The van der Waals surface area contributed by atoms with Crippen molar-refractivity contribution in [1.82, 2.24) is 10.3 Å². The molecule has 0 aliphatic carbocycles. The first-order valence-corrected chi connectivity index (χ1v) is 9.65. The van der Waals surface area contributed by atoms with E-state index >= 15 is 0 Å². The monoisotopic (exact) mass is 419 g/mol. The van der Waals surface area contributed by atoms with Crippen LogP contribution < -0.4 is 10.2 Å². The number of thioether (sulfide) groups is 1. The fourth-order valence-corrected chi connectivity index (χ4v) is 4.22. The van der Waals surface area contributed by atoms with Gasteiger partial charge in [0.2, 0.25) is 11.8 Å². The van der Waals surface area contributed by atoms with E-state index in [-0.39, 0.29) is 18.4 Å². The second-order valence-corrected chi connectivity index (χ2v) is 7.69. The van der Waals surface area contributed by atoms with Crippen molar-refractivity contribution >= 4 is 45.2 Å². The minimum absolute atomic E-state index is 0.00241. The molecule has 130 valence electrons. The highest BCUT2D eigenvalue weighted by Gasteiger charge is 2.29. The van der Waals surface area contributed by atoms with Crippen LogP contribution in [0.5, 0.6) is 0 Å². The third kappa shape index (κ3) is 4.04. The van der Waals surface area contributed by atoms with E-state index in [0.717, 1.165) is 32.0 Å². The van der Waals surface area contributed by atoms with Crippen molar-refractivity contribution in [3.05, 3.63) is 51.6 Å². The number of amides is 2. The topological polar surface area (TPSA) is 62.3 Å². The van der Waals surface area contributed by atoms with E-state index in [9.17, 15) is 9.59 Å². The van der Waals surface area contributed by atoms with Gasteiger partial charge in [-0.1, -0.05) is 45.9 Å². The number of carbonyl (C=O) groups is 2. The predicted octanol–water partition coefficient (Wildman–Crippen LogP) is 3.22. The highest BCUT2D eigenvalue weighted by molar-refractivity contribution is 9.10. The van der Waals surface area contributed by atoms with Gasteiger partial charge in [-0.2, -0.15) is 0 Å². The minimum atomic E-state index is -0.193. The van der Waals surface area contributed by atoms with E-state index in [4.69, 9.17) is 0 Å². The first kappa shape index (κ1) is 17.9. The highest BCUT2D eigenvalue weighted by Crippen LogP contribution is 2.36. The van der Waals surface area contributed by atoms with Gasteiger partial charge < -0.3 is 5.32 Å². The van der Waals surface area contributed by atoms with E-state index < -0.39 is 0 Å². The van der Waals surface area contributed by atoms with Gasteiger partial charge in [0.1, 0.15) is 11.6 Å². The first-order valence-electron chi connectivity index (χ1n) is 7.87. The van der Waals surface area contributed by atoms with Gasteiger partial charge >= 0.3 is 0 Å². The largest absolute Gasteiger partial charge is 0.350 e. The summed E-state index contributed by atoms with van der Waals surface area (Å²) in [7, 11) is 0. The Balaban J connectivity index is 1.73. The van der Waals surface area contributed by atoms with Gasteiger partial charge in [-0.05, 0) is 37.1 Å². The van der Waals surface area contributed by atoms with Gasteiger partial charge in [0, 0.05) is 16.7 Å². The predicted molar refractivity (Wildman–Crippen MR) is 103 cm³/mol. The summed E-state index contributed by atoms with van der Waals surface area (Å²) in [6.45, 7) is 4.29. The average Bonchev–Trinajstić information content (AvgIpc) is 2.56. The number of halogens is 1. The van der Waals surface area contributed by atoms with Crippen molar-refractivity contribution in [2.24, 2.45) is 0 Å². The Hall–Kier alpha value is -1.86. The smallest absolute Gasteiger partial charge is 0.240 e. The molecule has 1 aliphatic rings. The van der Waals surface area contributed by atoms with E-state index in [1.54, 1.807) is 4.90 Å². The Bertz CT molecular complexity index is 841. The molecule has 0 saturated carbocycles. The van der Waals surface area contributed by atoms with Crippen molar-refractivity contribution in [1.29, 1.82) is 0 Å². The molecule has 25 heavy (non-hydrogen) atoms. The second kappa shape index (κ2) is 7.58. The van der Waals surface area contributed by atoms with Crippen LogP contribution in [0.15, 0.2) is 39.8 Å². The van der Waals surface area contributed by atoms with Gasteiger partial charge in [-0.3, -0.25) is 14.5 Å². The van der Waals surface area contributed by atoms with Crippen LogP contribution >= 0.6 is 27.7 Å². The lowest BCUT2D eigenvalue weighted by molar-refractivity contribution is -0.123. The van der Waals surface area contributed by atoms with E-state index in [1.807, 2.05) is 44.2 Å². The summed E-state index contributed by atoms with van der Waals surface area (Å²) in [5, 5.41) is 3.69. The molecule has 2 heterocycles. The number of hydrogen-bond acceptors (Lipinski definition) is 4. The Labute approximate surface area is 159 Å². The highest BCUT2D eigenvalue weighted by atomic mass is 79.9. The maximum atomic E-state index is 12.4. The number of nitrogens with one attached hydrogen (secondary N) is 1. The van der Waals surface area contributed by atoms with Crippen molar-refractivity contribution < 1.29 is 9.59 Å². The molecule has 2 amide bonds. The first-order chi connectivity index (χ1) is 12.0. The van der Waals surface area contributed by atoms with Crippen LogP contribution in [-0.2, 0) is 16.1 Å². The number of rotatable bonds is 4. The summed E-state index contributed by atoms with van der Waals surface area (Å²) in [5.74, 6) is 0.0460. The summed E-state index contributed by atoms with van der Waals surface area (Å²) >= 11 is 4.89. The summed E-state index contributed by atoms with van der Waals surface area (Å²) in [6, 6.07) is 9.66. The molecule has 1 N–H and O–H groups in total. The molecule has 0 bridgehead atoms. The van der Waals surface area contributed by atoms with E-state index in [1.165, 1.54) is 11.8 Å². The maximum Gasteiger partial charge on any atom is 0.240 e. The van der Waals surface area contributed by atoms with Crippen LogP contribution in [-0.4, -0.2) is 29.1 Å². The Morgan fingerprint density at radius 3 is 2.88 bits per heavy atom. The Kier molecular flexibility index (Phi) is 5.44. The molecule has 1 aromatic carbocycles. The van der Waals surface area contributed by atoms with E-state index in [2.05, 4.69) is 26.2 Å². The molecule has 0 fully saturated rings. The number of aryl methyl sites for hydroxylation is 2. The van der Waals surface area contributed by atoms with Crippen LogP contribution in [0.1, 0.15) is 16.8 Å². The van der Waals surface area contributed by atoms with Crippen LogP contribution in [0.25, 0.3) is 0 Å². The second-order valence-electron chi connectivity index (χ2n) is 5.87. The number of pyridine rings is 1. The van der Waals surface area contributed by atoms with Gasteiger partial charge in [-0.25, -0.2) is 4.98 Å². The molecule has 7 heteroatoms. The normalized spacial score (nSPS) is 13.6. The van der Waals surface area contributed by atoms with Gasteiger partial charge in [-0.15, -0.1) is 0 Å². The van der Waals surface area contributed by atoms with Gasteiger partial charge in [0.05, 0.1) is 11.4 Å².